The highest BCUT2D eigenvalue weighted by atomic mass is 79.9. The third-order valence-corrected chi connectivity index (χ3v) is 3.82. The zero-order valence-electron chi connectivity index (χ0n) is 11.5. The van der Waals surface area contributed by atoms with Crippen LogP contribution < -0.4 is 10.1 Å². The van der Waals surface area contributed by atoms with E-state index in [4.69, 9.17) is 27.9 Å². The predicted molar refractivity (Wildman–Crippen MR) is 91.5 cm³/mol. The summed E-state index contributed by atoms with van der Waals surface area (Å²) in [5.74, 6) is 0.969. The fraction of sp³-hybridized carbons (Fsp3) is 0.267. The van der Waals surface area contributed by atoms with E-state index >= 15 is 0 Å². The van der Waals surface area contributed by atoms with Crippen LogP contribution in [0.2, 0.25) is 10.0 Å². The van der Waals surface area contributed by atoms with E-state index in [-0.39, 0.29) is 0 Å². The van der Waals surface area contributed by atoms with Gasteiger partial charge in [0, 0.05) is 11.0 Å². The van der Waals surface area contributed by atoms with E-state index in [1.54, 1.807) is 6.07 Å². The van der Waals surface area contributed by atoms with Crippen LogP contribution >= 0.6 is 39.1 Å². The van der Waals surface area contributed by atoms with Crippen molar-refractivity contribution in [2.75, 3.05) is 11.9 Å². The molecule has 3 nitrogen and oxygen atoms in total. The maximum Gasteiger partial charge on any atom is 0.234 e. The van der Waals surface area contributed by atoms with Gasteiger partial charge < -0.3 is 10.1 Å². The van der Waals surface area contributed by atoms with Crippen molar-refractivity contribution in [3.63, 3.8) is 0 Å². The number of anilines is 1. The lowest BCUT2D eigenvalue weighted by Crippen LogP contribution is -2.05. The summed E-state index contributed by atoms with van der Waals surface area (Å²) >= 11 is 15.6. The zero-order valence-corrected chi connectivity index (χ0v) is 14.6. The van der Waals surface area contributed by atoms with Crippen LogP contribution in [-0.4, -0.2) is 11.5 Å². The molecule has 6 heteroatoms. The average Bonchev–Trinajstić information content (AvgIpc) is 2.47. The minimum atomic E-state index is 0.377. The Bertz CT molecular complexity index is 605. The molecule has 0 amide bonds. The topological polar surface area (TPSA) is 34.2 Å². The molecule has 2 aromatic rings. The lowest BCUT2D eigenvalue weighted by Gasteiger charge is -2.11. The van der Waals surface area contributed by atoms with Gasteiger partial charge in [-0.15, -0.1) is 0 Å². The fourth-order valence-electron chi connectivity index (χ4n) is 1.65. The van der Waals surface area contributed by atoms with Crippen molar-refractivity contribution in [3.05, 3.63) is 50.4 Å². The Kier molecular flexibility index (Phi) is 6.15. The van der Waals surface area contributed by atoms with Gasteiger partial charge in [-0.25, -0.2) is 0 Å². The molecule has 1 N–H and O–H groups in total. The molecule has 0 atom stereocenters. The van der Waals surface area contributed by atoms with Gasteiger partial charge in [0.1, 0.15) is 17.4 Å². The Hall–Kier alpha value is -0.970. The van der Waals surface area contributed by atoms with Crippen LogP contribution in [0.3, 0.4) is 0 Å². The molecular weight excluding hydrogens is 375 g/mol. The molecule has 2 rings (SSSR count). The van der Waals surface area contributed by atoms with Crippen LogP contribution in [0.4, 0.5) is 5.82 Å². The summed E-state index contributed by atoms with van der Waals surface area (Å²) in [5, 5.41) is 4.04. The number of nitrogens with zero attached hydrogens (tertiary/aromatic N) is 1. The quantitative estimate of drug-likeness (QED) is 0.702. The largest absolute Gasteiger partial charge is 0.472 e. The highest BCUT2D eigenvalue weighted by molar-refractivity contribution is 9.10. The second kappa shape index (κ2) is 7.87. The van der Waals surface area contributed by atoms with Gasteiger partial charge in [-0.1, -0.05) is 58.2 Å². The standard InChI is InChI=1S/C15H15BrCl2N2O/c1-2-7-19-14-12(17)8-13(18)15(20-14)21-9-10-3-5-11(16)6-4-10/h3-6,8H,2,7,9H2,1H3,(H,19,20). The number of rotatable bonds is 6. The van der Waals surface area contributed by atoms with Crippen LogP contribution in [0.1, 0.15) is 18.9 Å². The summed E-state index contributed by atoms with van der Waals surface area (Å²) in [6.07, 6.45) is 0.982. The number of benzene rings is 1. The van der Waals surface area contributed by atoms with Gasteiger partial charge in [-0.2, -0.15) is 4.98 Å². The first-order valence-electron chi connectivity index (χ1n) is 6.57. The van der Waals surface area contributed by atoms with Gasteiger partial charge in [-0.3, -0.25) is 0 Å². The smallest absolute Gasteiger partial charge is 0.234 e. The number of ether oxygens (including phenoxy) is 1. The molecule has 0 radical (unpaired) electrons. The van der Waals surface area contributed by atoms with Crippen molar-refractivity contribution in [2.45, 2.75) is 20.0 Å². The summed E-state index contributed by atoms with van der Waals surface area (Å²) in [4.78, 5) is 4.34. The van der Waals surface area contributed by atoms with E-state index in [1.165, 1.54) is 0 Å². The van der Waals surface area contributed by atoms with Crippen molar-refractivity contribution in [1.29, 1.82) is 0 Å². The average molecular weight is 390 g/mol. The second-order valence-electron chi connectivity index (χ2n) is 4.45. The summed E-state index contributed by atoms with van der Waals surface area (Å²) in [5.41, 5.74) is 1.04. The van der Waals surface area contributed by atoms with Crippen LogP contribution in [0.5, 0.6) is 5.88 Å². The lowest BCUT2D eigenvalue weighted by atomic mass is 10.2. The van der Waals surface area contributed by atoms with Crippen molar-refractivity contribution >= 4 is 44.9 Å². The molecule has 1 aromatic carbocycles. The first-order valence-corrected chi connectivity index (χ1v) is 8.12. The van der Waals surface area contributed by atoms with Crippen molar-refractivity contribution in [1.82, 2.24) is 4.98 Å². The number of aromatic nitrogens is 1. The van der Waals surface area contributed by atoms with Crippen LogP contribution in [-0.2, 0) is 6.61 Å². The van der Waals surface area contributed by atoms with Crippen LogP contribution in [0.25, 0.3) is 0 Å². The van der Waals surface area contributed by atoms with Crippen molar-refractivity contribution in [2.24, 2.45) is 0 Å². The molecule has 21 heavy (non-hydrogen) atoms. The maximum absolute atomic E-state index is 6.12. The Balaban J connectivity index is 2.09. The van der Waals surface area contributed by atoms with E-state index in [2.05, 4.69) is 33.2 Å². The zero-order chi connectivity index (χ0) is 15.2. The molecule has 0 aliphatic heterocycles. The monoisotopic (exact) mass is 388 g/mol. The third-order valence-electron chi connectivity index (χ3n) is 2.73. The Morgan fingerprint density at radius 2 is 1.90 bits per heavy atom. The lowest BCUT2D eigenvalue weighted by molar-refractivity contribution is 0.294. The molecule has 0 spiro atoms. The molecule has 1 heterocycles. The molecular formula is C15H15BrCl2N2O. The van der Waals surface area contributed by atoms with Gasteiger partial charge in [0.05, 0.1) is 5.02 Å². The summed E-state index contributed by atoms with van der Waals surface area (Å²) in [6.45, 7) is 3.26. The SMILES string of the molecule is CCCNc1nc(OCc2ccc(Br)cc2)c(Cl)cc1Cl. The van der Waals surface area contributed by atoms with Gasteiger partial charge in [-0.05, 0) is 30.2 Å². The van der Waals surface area contributed by atoms with E-state index < -0.39 is 0 Å². The summed E-state index contributed by atoms with van der Waals surface area (Å²) in [7, 11) is 0. The van der Waals surface area contributed by atoms with Gasteiger partial charge in [0.2, 0.25) is 5.88 Å². The first-order chi connectivity index (χ1) is 10.1. The molecule has 0 saturated carbocycles. The molecule has 0 unspecified atom stereocenters. The number of hydrogen-bond donors (Lipinski definition) is 1. The Labute approximate surface area is 142 Å². The number of halogens is 3. The van der Waals surface area contributed by atoms with E-state index in [9.17, 15) is 0 Å². The predicted octanol–water partition coefficient (Wildman–Crippen LogP) is 5.55. The number of nitrogens with one attached hydrogen (secondary N) is 1. The highest BCUT2D eigenvalue weighted by Crippen LogP contribution is 2.31. The molecule has 0 saturated heterocycles. The first kappa shape index (κ1) is 16.4. The molecule has 0 aliphatic rings. The molecule has 1 aromatic heterocycles. The molecule has 0 aliphatic carbocycles. The van der Waals surface area contributed by atoms with E-state index in [0.717, 1.165) is 23.0 Å². The minimum Gasteiger partial charge on any atom is -0.472 e. The Morgan fingerprint density at radius 1 is 1.19 bits per heavy atom. The van der Waals surface area contributed by atoms with Crippen LogP contribution in [0.15, 0.2) is 34.8 Å². The minimum absolute atomic E-state index is 0.377. The van der Waals surface area contributed by atoms with Gasteiger partial charge in [0.15, 0.2) is 0 Å². The van der Waals surface area contributed by atoms with Gasteiger partial charge in [0.25, 0.3) is 0 Å². The number of pyridine rings is 1. The second-order valence-corrected chi connectivity index (χ2v) is 6.18. The van der Waals surface area contributed by atoms with Crippen LogP contribution in [0, 0.1) is 0 Å². The highest BCUT2D eigenvalue weighted by Gasteiger charge is 2.10. The normalized spacial score (nSPS) is 10.5. The fourth-order valence-corrected chi connectivity index (χ4v) is 2.39. The maximum atomic E-state index is 6.12. The molecule has 112 valence electrons. The number of hydrogen-bond acceptors (Lipinski definition) is 3. The third kappa shape index (κ3) is 4.77. The van der Waals surface area contributed by atoms with Crippen molar-refractivity contribution < 1.29 is 4.74 Å². The van der Waals surface area contributed by atoms with E-state index in [0.29, 0.717) is 28.3 Å². The summed E-state index contributed by atoms with van der Waals surface area (Å²) < 4.78 is 6.71. The van der Waals surface area contributed by atoms with E-state index in [1.807, 2.05) is 24.3 Å². The van der Waals surface area contributed by atoms with Crippen molar-refractivity contribution in [3.8, 4) is 5.88 Å². The Morgan fingerprint density at radius 3 is 2.57 bits per heavy atom. The molecule has 0 fully saturated rings. The molecule has 0 bridgehead atoms. The summed E-state index contributed by atoms with van der Waals surface area (Å²) in [6, 6.07) is 9.52. The van der Waals surface area contributed by atoms with Gasteiger partial charge >= 0.3 is 0 Å².